The molecule has 1 nitrogen and oxygen atoms in total. The van der Waals surface area contributed by atoms with E-state index in [4.69, 9.17) is 11.6 Å². The van der Waals surface area contributed by atoms with Gasteiger partial charge >= 0.3 is 0 Å². The van der Waals surface area contributed by atoms with Gasteiger partial charge in [-0.25, -0.2) is 4.39 Å². The molecular weight excluding hydrogens is 281 g/mol. The van der Waals surface area contributed by atoms with Crippen molar-refractivity contribution < 1.29 is 4.39 Å². The first kappa shape index (κ1) is 14.5. The number of likely N-dealkylation sites (N-methyl/N-ethyl adjacent to an activating group) is 1. The minimum atomic E-state index is -0.212. The molecule has 4 heteroatoms. The molecule has 1 atom stereocenters. The lowest BCUT2D eigenvalue weighted by atomic mass is 10.0. The molecule has 0 aliphatic carbocycles. The highest BCUT2D eigenvalue weighted by atomic mass is 35.5. The molecule has 0 radical (unpaired) electrons. The van der Waals surface area contributed by atoms with Gasteiger partial charge in [0.15, 0.2) is 0 Å². The van der Waals surface area contributed by atoms with Gasteiger partial charge in [-0.2, -0.15) is 0 Å². The highest BCUT2D eigenvalue weighted by Crippen LogP contribution is 2.27. The van der Waals surface area contributed by atoms with Gasteiger partial charge in [-0.3, -0.25) is 0 Å². The molecular formula is C15H17ClFNS. The summed E-state index contributed by atoms with van der Waals surface area (Å²) in [4.78, 5) is 2.62. The Morgan fingerprint density at radius 2 is 2.00 bits per heavy atom. The summed E-state index contributed by atoms with van der Waals surface area (Å²) in [5, 5.41) is 3.74. The molecule has 1 N–H and O–H groups in total. The van der Waals surface area contributed by atoms with Crippen molar-refractivity contribution in [3.63, 3.8) is 0 Å². The smallest absolute Gasteiger partial charge is 0.128 e. The lowest BCUT2D eigenvalue weighted by Crippen LogP contribution is -2.19. The fourth-order valence-corrected chi connectivity index (χ4v) is 3.26. The Morgan fingerprint density at radius 1 is 1.26 bits per heavy atom. The molecule has 0 fully saturated rings. The van der Waals surface area contributed by atoms with Gasteiger partial charge in [-0.1, -0.05) is 18.5 Å². The van der Waals surface area contributed by atoms with Gasteiger partial charge in [0, 0.05) is 32.8 Å². The predicted molar refractivity (Wildman–Crippen MR) is 80.6 cm³/mol. The van der Waals surface area contributed by atoms with E-state index in [9.17, 15) is 4.39 Å². The van der Waals surface area contributed by atoms with Crippen LogP contribution in [0.2, 0.25) is 5.02 Å². The maximum atomic E-state index is 13.9. The Kier molecular flexibility index (Phi) is 4.97. The van der Waals surface area contributed by atoms with Crippen molar-refractivity contribution in [3.05, 3.63) is 56.5 Å². The normalized spacial score (nSPS) is 12.6. The minimum absolute atomic E-state index is 0.0537. The van der Waals surface area contributed by atoms with Crippen molar-refractivity contribution >= 4 is 22.9 Å². The third-order valence-electron chi connectivity index (χ3n) is 3.15. The zero-order chi connectivity index (χ0) is 13.8. The highest BCUT2D eigenvalue weighted by molar-refractivity contribution is 7.11. The first-order valence-corrected chi connectivity index (χ1v) is 7.53. The van der Waals surface area contributed by atoms with Crippen molar-refractivity contribution in [2.75, 3.05) is 7.05 Å². The van der Waals surface area contributed by atoms with Crippen LogP contribution in [0.25, 0.3) is 0 Å². The van der Waals surface area contributed by atoms with Gasteiger partial charge in [0.2, 0.25) is 0 Å². The first-order chi connectivity index (χ1) is 9.13. The maximum Gasteiger partial charge on any atom is 0.128 e. The van der Waals surface area contributed by atoms with Crippen molar-refractivity contribution in [2.24, 2.45) is 0 Å². The van der Waals surface area contributed by atoms with Gasteiger partial charge < -0.3 is 5.32 Å². The van der Waals surface area contributed by atoms with Crippen LogP contribution in [0.4, 0.5) is 4.39 Å². The molecule has 0 spiro atoms. The molecule has 1 aromatic heterocycles. The Morgan fingerprint density at radius 3 is 2.63 bits per heavy atom. The number of hydrogen-bond acceptors (Lipinski definition) is 2. The molecule has 1 aromatic carbocycles. The van der Waals surface area contributed by atoms with Gasteiger partial charge in [-0.05, 0) is 43.8 Å². The lowest BCUT2D eigenvalue weighted by molar-refractivity contribution is 0.536. The number of benzene rings is 1. The van der Waals surface area contributed by atoms with Crippen molar-refractivity contribution in [3.8, 4) is 0 Å². The van der Waals surface area contributed by atoms with E-state index in [-0.39, 0.29) is 11.9 Å². The van der Waals surface area contributed by atoms with Crippen LogP contribution in [-0.2, 0) is 12.8 Å². The number of hydrogen-bond donors (Lipinski definition) is 1. The minimum Gasteiger partial charge on any atom is -0.313 e. The van der Waals surface area contributed by atoms with E-state index in [0.717, 1.165) is 12.8 Å². The Balaban J connectivity index is 2.22. The summed E-state index contributed by atoms with van der Waals surface area (Å²) in [6, 6.07) is 8.91. The van der Waals surface area contributed by atoms with Crippen LogP contribution in [0.1, 0.15) is 28.3 Å². The van der Waals surface area contributed by atoms with E-state index < -0.39 is 0 Å². The number of thiophene rings is 1. The zero-order valence-electron chi connectivity index (χ0n) is 11.0. The third kappa shape index (κ3) is 3.56. The molecule has 0 amide bonds. The number of nitrogens with one attached hydrogen (secondary N) is 1. The molecule has 0 saturated heterocycles. The molecule has 0 saturated carbocycles. The molecule has 2 aromatic rings. The van der Waals surface area contributed by atoms with E-state index in [1.807, 2.05) is 7.05 Å². The molecule has 19 heavy (non-hydrogen) atoms. The van der Waals surface area contributed by atoms with Gasteiger partial charge in [0.25, 0.3) is 0 Å². The summed E-state index contributed by atoms with van der Waals surface area (Å²) in [6.45, 7) is 2.14. The molecule has 1 heterocycles. The summed E-state index contributed by atoms with van der Waals surface area (Å²) in [5.74, 6) is -0.212. The topological polar surface area (TPSA) is 12.0 Å². The molecule has 0 aliphatic heterocycles. The fourth-order valence-electron chi connectivity index (χ4n) is 2.07. The summed E-state index contributed by atoms with van der Waals surface area (Å²) in [6.07, 6.45) is 1.82. The van der Waals surface area contributed by atoms with Crippen molar-refractivity contribution in [1.29, 1.82) is 0 Å². The molecule has 1 unspecified atom stereocenters. The van der Waals surface area contributed by atoms with Crippen LogP contribution < -0.4 is 5.32 Å². The maximum absolute atomic E-state index is 13.9. The highest BCUT2D eigenvalue weighted by Gasteiger charge is 2.16. The fraction of sp³-hybridized carbons (Fsp3) is 0.333. The van der Waals surface area contributed by atoms with Crippen LogP contribution in [0.3, 0.4) is 0 Å². The van der Waals surface area contributed by atoms with Crippen molar-refractivity contribution in [1.82, 2.24) is 5.32 Å². The Hall–Kier alpha value is -0.900. The second-order valence-corrected chi connectivity index (χ2v) is 6.12. The van der Waals surface area contributed by atoms with Gasteiger partial charge in [0.1, 0.15) is 5.82 Å². The summed E-state index contributed by atoms with van der Waals surface area (Å²) in [5.41, 5.74) is 0.626. The second kappa shape index (κ2) is 6.51. The van der Waals surface area contributed by atoms with E-state index in [0.29, 0.717) is 10.6 Å². The molecule has 0 aliphatic rings. The Labute approximate surface area is 122 Å². The number of rotatable bonds is 5. The lowest BCUT2D eigenvalue weighted by Gasteiger charge is -2.17. The number of halogens is 2. The number of aryl methyl sites for hydroxylation is 1. The standard InChI is InChI=1S/C15H17ClFNS/c1-3-11-5-6-12(19-11)9-15(18-2)13-8-10(16)4-7-14(13)17/h4-8,15,18H,3,9H2,1-2H3. The largest absolute Gasteiger partial charge is 0.313 e. The third-order valence-corrected chi connectivity index (χ3v) is 4.64. The van der Waals surface area contributed by atoms with E-state index in [1.54, 1.807) is 23.5 Å². The molecule has 102 valence electrons. The molecule has 0 bridgehead atoms. The summed E-state index contributed by atoms with van der Waals surface area (Å²) < 4.78 is 13.9. The zero-order valence-corrected chi connectivity index (χ0v) is 12.6. The van der Waals surface area contributed by atoms with Crippen LogP contribution in [0.15, 0.2) is 30.3 Å². The summed E-state index contributed by atoms with van der Waals surface area (Å²) >= 11 is 7.74. The van der Waals surface area contributed by atoms with Crippen LogP contribution in [-0.4, -0.2) is 7.05 Å². The van der Waals surface area contributed by atoms with Gasteiger partial charge in [0.05, 0.1) is 0 Å². The quantitative estimate of drug-likeness (QED) is 0.850. The monoisotopic (exact) mass is 297 g/mol. The average Bonchev–Trinajstić information content (AvgIpc) is 2.87. The van der Waals surface area contributed by atoms with Crippen LogP contribution >= 0.6 is 22.9 Å². The van der Waals surface area contributed by atoms with E-state index in [1.165, 1.54) is 15.8 Å². The summed E-state index contributed by atoms with van der Waals surface area (Å²) in [7, 11) is 1.85. The molecule has 2 rings (SSSR count). The Bertz CT molecular complexity index is 553. The van der Waals surface area contributed by atoms with E-state index in [2.05, 4.69) is 24.4 Å². The van der Waals surface area contributed by atoms with Crippen LogP contribution in [0.5, 0.6) is 0 Å². The van der Waals surface area contributed by atoms with E-state index >= 15 is 0 Å². The average molecular weight is 298 g/mol. The van der Waals surface area contributed by atoms with Crippen LogP contribution in [0, 0.1) is 5.82 Å². The predicted octanol–water partition coefficient (Wildman–Crippen LogP) is 4.61. The first-order valence-electron chi connectivity index (χ1n) is 6.33. The second-order valence-electron chi connectivity index (χ2n) is 4.43. The van der Waals surface area contributed by atoms with Crippen molar-refractivity contribution in [2.45, 2.75) is 25.8 Å². The SMILES string of the molecule is CCc1ccc(CC(NC)c2cc(Cl)ccc2F)s1. The van der Waals surface area contributed by atoms with Gasteiger partial charge in [-0.15, -0.1) is 11.3 Å².